The zero-order valence-electron chi connectivity index (χ0n) is 9.16. The van der Waals surface area contributed by atoms with Gasteiger partial charge in [-0.15, -0.1) is 0 Å². The molecule has 14 heavy (non-hydrogen) atoms. The minimum absolute atomic E-state index is 0.266. The number of aliphatic hydroxyl groups excluding tert-OH is 1. The first-order chi connectivity index (χ1) is 6.37. The molecule has 3 nitrogen and oxygen atoms in total. The maximum Gasteiger partial charge on any atom is 0.309 e. The van der Waals surface area contributed by atoms with Crippen LogP contribution in [0.1, 0.15) is 40.0 Å². The molecule has 0 spiro atoms. The molecule has 0 aliphatic heterocycles. The molecule has 1 aliphatic rings. The van der Waals surface area contributed by atoms with Crippen LogP contribution in [0.25, 0.3) is 0 Å². The molecule has 1 aliphatic carbocycles. The summed E-state index contributed by atoms with van der Waals surface area (Å²) in [6.07, 6.45) is 1.44. The summed E-state index contributed by atoms with van der Waals surface area (Å²) in [6.45, 7) is 5.89. The summed E-state index contributed by atoms with van der Waals surface area (Å²) < 4.78 is 0. The second kappa shape index (κ2) is 3.89. The van der Waals surface area contributed by atoms with Crippen LogP contribution in [0.3, 0.4) is 0 Å². The highest BCUT2D eigenvalue weighted by Crippen LogP contribution is 2.41. The standard InChI is InChI=1S/C11H20O3/c1-7(2)8-4-5-11(3,10(13)14)6-9(8)12/h7-9,12H,4-6H2,1-3H3,(H,13,14). The van der Waals surface area contributed by atoms with Crippen LogP contribution in [0, 0.1) is 17.3 Å². The van der Waals surface area contributed by atoms with Crippen LogP contribution in [0.2, 0.25) is 0 Å². The molecule has 0 saturated heterocycles. The van der Waals surface area contributed by atoms with Gasteiger partial charge < -0.3 is 10.2 Å². The van der Waals surface area contributed by atoms with Gasteiger partial charge in [0.05, 0.1) is 11.5 Å². The van der Waals surface area contributed by atoms with Crippen LogP contribution in [-0.4, -0.2) is 22.3 Å². The first-order valence-electron chi connectivity index (χ1n) is 5.28. The molecule has 82 valence electrons. The van der Waals surface area contributed by atoms with Crippen molar-refractivity contribution < 1.29 is 15.0 Å². The lowest BCUT2D eigenvalue weighted by molar-refractivity contribution is -0.154. The Morgan fingerprint density at radius 3 is 2.43 bits per heavy atom. The van der Waals surface area contributed by atoms with E-state index in [0.717, 1.165) is 6.42 Å². The van der Waals surface area contributed by atoms with Crippen molar-refractivity contribution in [1.82, 2.24) is 0 Å². The van der Waals surface area contributed by atoms with Crippen molar-refractivity contribution in [1.29, 1.82) is 0 Å². The van der Waals surface area contributed by atoms with Gasteiger partial charge in [-0.2, -0.15) is 0 Å². The Bertz CT molecular complexity index is 225. The summed E-state index contributed by atoms with van der Waals surface area (Å²) >= 11 is 0. The number of carboxylic acids is 1. The molecule has 1 saturated carbocycles. The van der Waals surface area contributed by atoms with E-state index in [0.29, 0.717) is 18.8 Å². The zero-order chi connectivity index (χ0) is 10.9. The van der Waals surface area contributed by atoms with Crippen LogP contribution in [-0.2, 0) is 4.79 Å². The minimum atomic E-state index is -0.779. The maximum atomic E-state index is 11.0. The Morgan fingerprint density at radius 1 is 1.50 bits per heavy atom. The van der Waals surface area contributed by atoms with Gasteiger partial charge in [-0.3, -0.25) is 4.79 Å². The highest BCUT2D eigenvalue weighted by molar-refractivity contribution is 5.74. The third kappa shape index (κ3) is 2.08. The second-order valence-electron chi connectivity index (χ2n) is 5.08. The van der Waals surface area contributed by atoms with E-state index in [2.05, 4.69) is 13.8 Å². The van der Waals surface area contributed by atoms with Gasteiger partial charge in [-0.05, 0) is 38.0 Å². The molecule has 0 radical (unpaired) electrons. The predicted octanol–water partition coefficient (Wildman–Crippen LogP) is 1.89. The number of carboxylic acid groups (broad SMARTS) is 1. The highest BCUT2D eigenvalue weighted by Gasteiger charge is 2.42. The summed E-state index contributed by atoms with van der Waals surface area (Å²) in [5, 5.41) is 18.9. The van der Waals surface area contributed by atoms with Crippen LogP contribution in [0.5, 0.6) is 0 Å². The topological polar surface area (TPSA) is 57.5 Å². The average Bonchev–Trinajstić information content (AvgIpc) is 2.02. The highest BCUT2D eigenvalue weighted by atomic mass is 16.4. The van der Waals surface area contributed by atoms with Crippen molar-refractivity contribution >= 4 is 5.97 Å². The summed E-state index contributed by atoms with van der Waals surface area (Å²) in [5.74, 6) is -0.0791. The number of carbonyl (C=O) groups is 1. The van der Waals surface area contributed by atoms with Crippen molar-refractivity contribution in [3.8, 4) is 0 Å². The minimum Gasteiger partial charge on any atom is -0.481 e. The van der Waals surface area contributed by atoms with Gasteiger partial charge in [-0.1, -0.05) is 13.8 Å². The van der Waals surface area contributed by atoms with Crippen LogP contribution in [0.15, 0.2) is 0 Å². The van der Waals surface area contributed by atoms with Gasteiger partial charge in [-0.25, -0.2) is 0 Å². The van der Waals surface area contributed by atoms with Crippen molar-refractivity contribution in [2.45, 2.75) is 46.1 Å². The van der Waals surface area contributed by atoms with E-state index in [4.69, 9.17) is 5.11 Å². The van der Waals surface area contributed by atoms with E-state index < -0.39 is 17.5 Å². The molecule has 0 aromatic rings. The van der Waals surface area contributed by atoms with Crippen molar-refractivity contribution in [2.24, 2.45) is 17.3 Å². The van der Waals surface area contributed by atoms with Crippen LogP contribution < -0.4 is 0 Å². The third-order valence-corrected chi connectivity index (χ3v) is 3.56. The van der Waals surface area contributed by atoms with Crippen LogP contribution >= 0.6 is 0 Å². The van der Waals surface area contributed by atoms with Crippen molar-refractivity contribution in [3.05, 3.63) is 0 Å². The van der Waals surface area contributed by atoms with Crippen LogP contribution in [0.4, 0.5) is 0 Å². The summed E-state index contributed by atoms with van der Waals surface area (Å²) in [4.78, 5) is 11.0. The molecule has 1 rings (SSSR count). The molecular formula is C11H20O3. The van der Waals surface area contributed by atoms with E-state index >= 15 is 0 Å². The monoisotopic (exact) mass is 200 g/mol. The Labute approximate surface area is 85.1 Å². The van der Waals surface area contributed by atoms with Gasteiger partial charge in [0.15, 0.2) is 0 Å². The second-order valence-corrected chi connectivity index (χ2v) is 5.08. The number of aliphatic hydroxyl groups is 1. The smallest absolute Gasteiger partial charge is 0.309 e. The number of aliphatic carboxylic acids is 1. The fourth-order valence-corrected chi connectivity index (χ4v) is 2.36. The van der Waals surface area contributed by atoms with Crippen molar-refractivity contribution in [2.75, 3.05) is 0 Å². The first-order valence-corrected chi connectivity index (χ1v) is 5.28. The fraction of sp³-hybridized carbons (Fsp3) is 0.909. The van der Waals surface area contributed by atoms with E-state index in [1.165, 1.54) is 0 Å². The quantitative estimate of drug-likeness (QED) is 0.715. The molecule has 0 amide bonds. The van der Waals surface area contributed by atoms with Gasteiger partial charge in [0.1, 0.15) is 0 Å². The summed E-state index contributed by atoms with van der Waals surface area (Å²) in [5.41, 5.74) is -0.717. The largest absolute Gasteiger partial charge is 0.481 e. The van der Waals surface area contributed by atoms with Gasteiger partial charge in [0.2, 0.25) is 0 Å². The normalized spacial score (nSPS) is 38.6. The Balaban J connectivity index is 2.68. The molecule has 0 heterocycles. The summed E-state index contributed by atoms with van der Waals surface area (Å²) in [7, 11) is 0. The number of rotatable bonds is 2. The first kappa shape index (κ1) is 11.5. The number of hydrogen-bond donors (Lipinski definition) is 2. The third-order valence-electron chi connectivity index (χ3n) is 3.56. The van der Waals surface area contributed by atoms with Gasteiger partial charge >= 0.3 is 5.97 Å². The molecule has 3 heteroatoms. The maximum absolute atomic E-state index is 11.0. The summed E-state index contributed by atoms with van der Waals surface area (Å²) in [6, 6.07) is 0. The average molecular weight is 200 g/mol. The Morgan fingerprint density at radius 2 is 2.07 bits per heavy atom. The van der Waals surface area contributed by atoms with Crippen molar-refractivity contribution in [3.63, 3.8) is 0 Å². The molecule has 3 unspecified atom stereocenters. The molecule has 2 N–H and O–H groups in total. The van der Waals surface area contributed by atoms with E-state index in [1.54, 1.807) is 6.92 Å². The van der Waals surface area contributed by atoms with Gasteiger partial charge in [0, 0.05) is 0 Å². The lowest BCUT2D eigenvalue weighted by Crippen LogP contribution is -2.41. The molecule has 1 fully saturated rings. The zero-order valence-corrected chi connectivity index (χ0v) is 9.16. The Kier molecular flexibility index (Phi) is 3.20. The molecule has 0 aromatic carbocycles. The fourth-order valence-electron chi connectivity index (χ4n) is 2.36. The van der Waals surface area contributed by atoms with E-state index in [9.17, 15) is 9.90 Å². The van der Waals surface area contributed by atoms with Gasteiger partial charge in [0.25, 0.3) is 0 Å². The lowest BCUT2D eigenvalue weighted by Gasteiger charge is -2.39. The molecular weight excluding hydrogens is 180 g/mol. The Hall–Kier alpha value is -0.570. The van der Waals surface area contributed by atoms with E-state index in [-0.39, 0.29) is 5.92 Å². The molecule has 3 atom stereocenters. The SMILES string of the molecule is CC(C)C1CCC(C)(C(=O)O)CC1O. The van der Waals surface area contributed by atoms with E-state index in [1.807, 2.05) is 0 Å². The predicted molar refractivity (Wildman–Crippen MR) is 53.9 cm³/mol. The molecule has 0 aromatic heterocycles. The number of hydrogen-bond acceptors (Lipinski definition) is 2. The molecule has 0 bridgehead atoms. The lowest BCUT2D eigenvalue weighted by atomic mass is 9.67.